The molecule has 1 aromatic carbocycles. The molecule has 98 valence electrons. The van der Waals surface area contributed by atoms with Gasteiger partial charge in [0.25, 0.3) is 0 Å². The highest BCUT2D eigenvalue weighted by molar-refractivity contribution is 6.08. The number of pyridine rings is 1. The molecule has 0 aliphatic carbocycles. The molecule has 0 aliphatic heterocycles. The number of carbonyl (C=O) groups is 1. The average Bonchev–Trinajstić information content (AvgIpc) is 2.41. The summed E-state index contributed by atoms with van der Waals surface area (Å²) in [6, 6.07) is 9.42. The first kappa shape index (κ1) is 13.1. The molecular formula is C14H11F2NO2. The number of carbonyl (C=O) groups excluding carboxylic acids is 1. The van der Waals surface area contributed by atoms with E-state index in [2.05, 4.69) is 9.72 Å². The van der Waals surface area contributed by atoms with Gasteiger partial charge < -0.3 is 4.74 Å². The maximum atomic E-state index is 12.2. The summed E-state index contributed by atoms with van der Waals surface area (Å²) < 4.78 is 28.8. The van der Waals surface area contributed by atoms with Crippen molar-refractivity contribution in [3.8, 4) is 5.75 Å². The van der Waals surface area contributed by atoms with E-state index in [0.717, 1.165) is 0 Å². The van der Waals surface area contributed by atoms with Crippen molar-refractivity contribution in [2.45, 2.75) is 13.5 Å². The van der Waals surface area contributed by atoms with Crippen LogP contribution in [-0.2, 0) is 0 Å². The predicted molar refractivity (Wildman–Crippen MR) is 65.5 cm³/mol. The van der Waals surface area contributed by atoms with Crippen LogP contribution < -0.4 is 4.74 Å². The van der Waals surface area contributed by atoms with Crippen LogP contribution in [0.4, 0.5) is 8.78 Å². The highest BCUT2D eigenvalue weighted by atomic mass is 19.3. The minimum absolute atomic E-state index is 0.00298. The zero-order chi connectivity index (χ0) is 13.8. The molecule has 5 heteroatoms. The van der Waals surface area contributed by atoms with Gasteiger partial charge in [-0.3, -0.25) is 9.78 Å². The van der Waals surface area contributed by atoms with Crippen LogP contribution in [0.2, 0.25) is 0 Å². The molecule has 0 fully saturated rings. The van der Waals surface area contributed by atoms with Crippen molar-refractivity contribution in [2.75, 3.05) is 0 Å². The summed E-state index contributed by atoms with van der Waals surface area (Å²) in [6.45, 7) is -1.35. The second kappa shape index (κ2) is 5.56. The zero-order valence-electron chi connectivity index (χ0n) is 10.1. The number of nitrogens with zero attached hydrogens (tertiary/aromatic N) is 1. The van der Waals surface area contributed by atoms with Gasteiger partial charge in [-0.15, -0.1) is 0 Å². The normalized spacial score (nSPS) is 10.5. The molecule has 1 aromatic heterocycles. The summed E-state index contributed by atoms with van der Waals surface area (Å²) >= 11 is 0. The number of hydrogen-bond acceptors (Lipinski definition) is 3. The molecule has 0 saturated heterocycles. The fourth-order valence-corrected chi connectivity index (χ4v) is 1.72. The van der Waals surface area contributed by atoms with Gasteiger partial charge in [-0.05, 0) is 25.1 Å². The number of hydrogen-bond donors (Lipinski definition) is 0. The second-order valence-electron chi connectivity index (χ2n) is 3.85. The van der Waals surface area contributed by atoms with Crippen molar-refractivity contribution in [1.82, 2.24) is 4.98 Å². The first-order valence-electron chi connectivity index (χ1n) is 5.59. The molecule has 0 aliphatic rings. The third-order valence-electron chi connectivity index (χ3n) is 2.64. The van der Waals surface area contributed by atoms with Crippen LogP contribution in [-0.4, -0.2) is 17.4 Å². The smallest absolute Gasteiger partial charge is 0.387 e. The lowest BCUT2D eigenvalue weighted by molar-refractivity contribution is -0.0503. The molecule has 2 rings (SSSR count). The van der Waals surface area contributed by atoms with Crippen LogP contribution in [0.1, 0.15) is 21.6 Å². The van der Waals surface area contributed by atoms with E-state index in [-0.39, 0.29) is 17.2 Å². The van der Waals surface area contributed by atoms with E-state index in [0.29, 0.717) is 11.1 Å². The number of alkyl halides is 2. The maximum Gasteiger partial charge on any atom is 0.387 e. The predicted octanol–water partition coefficient (Wildman–Crippen LogP) is 3.22. The van der Waals surface area contributed by atoms with Crippen molar-refractivity contribution in [2.24, 2.45) is 0 Å². The second-order valence-corrected chi connectivity index (χ2v) is 3.85. The number of ketones is 1. The summed E-state index contributed by atoms with van der Waals surface area (Å²) in [5, 5.41) is 0. The highest BCUT2D eigenvalue weighted by Gasteiger charge is 2.16. The summed E-state index contributed by atoms with van der Waals surface area (Å²) in [4.78, 5) is 16.1. The van der Waals surface area contributed by atoms with E-state index >= 15 is 0 Å². The van der Waals surface area contributed by atoms with Crippen LogP contribution in [0.3, 0.4) is 0 Å². The largest absolute Gasteiger partial charge is 0.435 e. The minimum atomic E-state index is -2.92. The van der Waals surface area contributed by atoms with Gasteiger partial charge in [0.15, 0.2) is 0 Å². The van der Waals surface area contributed by atoms with E-state index in [1.165, 1.54) is 18.3 Å². The van der Waals surface area contributed by atoms with Gasteiger partial charge in [0.05, 0.1) is 0 Å². The molecule has 0 radical (unpaired) electrons. The Hall–Kier alpha value is -2.30. The summed E-state index contributed by atoms with van der Waals surface area (Å²) in [5.41, 5.74) is 0.940. The van der Waals surface area contributed by atoms with Gasteiger partial charge in [-0.2, -0.15) is 8.78 Å². The number of halogens is 2. The van der Waals surface area contributed by atoms with E-state index in [9.17, 15) is 13.6 Å². The molecule has 0 amide bonds. The lowest BCUT2D eigenvalue weighted by Gasteiger charge is -2.11. The maximum absolute atomic E-state index is 12.2. The first-order chi connectivity index (χ1) is 9.09. The van der Waals surface area contributed by atoms with E-state index in [1.54, 1.807) is 31.2 Å². The van der Waals surface area contributed by atoms with Crippen molar-refractivity contribution in [3.63, 3.8) is 0 Å². The van der Waals surface area contributed by atoms with Crippen LogP contribution in [0.5, 0.6) is 5.75 Å². The summed E-state index contributed by atoms with van der Waals surface area (Å²) in [7, 11) is 0. The molecule has 0 bridgehead atoms. The van der Waals surface area contributed by atoms with Gasteiger partial charge in [0, 0.05) is 17.3 Å². The lowest BCUT2D eigenvalue weighted by atomic mass is 10.0. The van der Waals surface area contributed by atoms with Crippen molar-refractivity contribution < 1.29 is 18.3 Å². The van der Waals surface area contributed by atoms with Gasteiger partial charge in [0.1, 0.15) is 11.4 Å². The molecule has 0 saturated carbocycles. The fraction of sp³-hybridized carbons (Fsp3) is 0.143. The van der Waals surface area contributed by atoms with E-state index in [4.69, 9.17) is 0 Å². The van der Waals surface area contributed by atoms with Crippen molar-refractivity contribution >= 4 is 5.78 Å². The van der Waals surface area contributed by atoms with Crippen LogP contribution in [0, 0.1) is 6.92 Å². The Morgan fingerprint density at radius 2 is 2.00 bits per heavy atom. The SMILES string of the molecule is Cc1c(OC(F)F)cccc1C(=O)c1ccccn1. The Morgan fingerprint density at radius 3 is 2.63 bits per heavy atom. The van der Waals surface area contributed by atoms with E-state index < -0.39 is 6.61 Å². The number of rotatable bonds is 4. The molecule has 19 heavy (non-hydrogen) atoms. The minimum Gasteiger partial charge on any atom is -0.435 e. The van der Waals surface area contributed by atoms with Gasteiger partial charge in [-0.25, -0.2) is 0 Å². The van der Waals surface area contributed by atoms with Crippen molar-refractivity contribution in [3.05, 3.63) is 59.4 Å². The Labute approximate surface area is 108 Å². The standard InChI is InChI=1S/C14H11F2NO2/c1-9-10(5-4-7-12(9)19-14(15)16)13(18)11-6-2-3-8-17-11/h2-8,14H,1H3. The highest BCUT2D eigenvalue weighted by Crippen LogP contribution is 2.24. The van der Waals surface area contributed by atoms with Crippen LogP contribution >= 0.6 is 0 Å². The number of ether oxygens (including phenoxy) is 1. The molecule has 0 spiro atoms. The van der Waals surface area contributed by atoms with Crippen molar-refractivity contribution in [1.29, 1.82) is 0 Å². The number of aromatic nitrogens is 1. The molecule has 0 unspecified atom stereocenters. The molecule has 0 atom stereocenters. The van der Waals surface area contributed by atoms with Crippen LogP contribution in [0.15, 0.2) is 42.6 Å². The Balaban J connectivity index is 2.38. The third kappa shape index (κ3) is 2.93. The molecule has 2 aromatic rings. The Morgan fingerprint density at radius 1 is 1.21 bits per heavy atom. The van der Waals surface area contributed by atoms with Crippen LogP contribution in [0.25, 0.3) is 0 Å². The monoisotopic (exact) mass is 263 g/mol. The van der Waals surface area contributed by atoms with E-state index in [1.807, 2.05) is 0 Å². The molecule has 3 nitrogen and oxygen atoms in total. The zero-order valence-corrected chi connectivity index (χ0v) is 10.1. The Kier molecular flexibility index (Phi) is 3.85. The fourth-order valence-electron chi connectivity index (χ4n) is 1.72. The third-order valence-corrected chi connectivity index (χ3v) is 2.64. The first-order valence-corrected chi connectivity index (χ1v) is 5.59. The van der Waals surface area contributed by atoms with Gasteiger partial charge >= 0.3 is 6.61 Å². The number of benzene rings is 1. The van der Waals surface area contributed by atoms with Gasteiger partial charge in [0.2, 0.25) is 5.78 Å². The topological polar surface area (TPSA) is 39.2 Å². The molecular weight excluding hydrogens is 252 g/mol. The molecule has 1 heterocycles. The summed E-state index contributed by atoms with van der Waals surface area (Å²) in [5.74, 6) is -0.324. The lowest BCUT2D eigenvalue weighted by Crippen LogP contribution is -2.09. The summed E-state index contributed by atoms with van der Waals surface area (Å²) in [6.07, 6.45) is 1.50. The molecule has 0 N–H and O–H groups in total. The quantitative estimate of drug-likeness (QED) is 0.795. The van der Waals surface area contributed by atoms with Gasteiger partial charge in [-0.1, -0.05) is 18.2 Å². The Bertz CT molecular complexity index is 585. The average molecular weight is 263 g/mol.